The molecular weight excluding hydrogens is 276 g/mol. The number of hydrogen-bond acceptors (Lipinski definition) is 4. The molecule has 0 amide bonds. The van der Waals surface area contributed by atoms with Crippen molar-refractivity contribution in [1.82, 2.24) is 0 Å². The minimum absolute atomic E-state index is 0.00720. The quantitative estimate of drug-likeness (QED) is 0.598. The number of phenols is 1. The van der Waals surface area contributed by atoms with Gasteiger partial charge in [0.05, 0.1) is 16.3 Å². The Morgan fingerprint density at radius 3 is 2.40 bits per heavy atom. The van der Waals surface area contributed by atoms with Crippen molar-refractivity contribution in [2.24, 2.45) is 0 Å². The van der Waals surface area contributed by atoms with Crippen LogP contribution in [0.25, 0.3) is 0 Å². The van der Waals surface area contributed by atoms with E-state index < -0.39 is 10.0 Å². The van der Waals surface area contributed by atoms with Crippen molar-refractivity contribution in [3.63, 3.8) is 0 Å². The molecule has 106 valence electrons. The van der Waals surface area contributed by atoms with Crippen molar-refractivity contribution in [1.29, 1.82) is 0 Å². The molecule has 0 aliphatic heterocycles. The summed E-state index contributed by atoms with van der Waals surface area (Å²) in [6.45, 7) is 3.77. The van der Waals surface area contributed by atoms with Gasteiger partial charge in [-0.1, -0.05) is 17.7 Å². The summed E-state index contributed by atoms with van der Waals surface area (Å²) in [7, 11) is -3.73. The molecule has 0 heterocycles. The van der Waals surface area contributed by atoms with Crippen LogP contribution in [-0.2, 0) is 10.0 Å². The van der Waals surface area contributed by atoms with E-state index in [1.165, 1.54) is 18.2 Å². The lowest BCUT2D eigenvalue weighted by molar-refractivity contribution is 0.477. The van der Waals surface area contributed by atoms with Crippen molar-refractivity contribution >= 4 is 21.4 Å². The average molecular weight is 292 g/mol. The van der Waals surface area contributed by atoms with E-state index in [2.05, 4.69) is 4.72 Å². The number of anilines is 2. The van der Waals surface area contributed by atoms with Gasteiger partial charge in [-0.15, -0.1) is 0 Å². The molecule has 0 saturated carbocycles. The Hall–Kier alpha value is -2.21. The minimum atomic E-state index is -3.73. The van der Waals surface area contributed by atoms with Gasteiger partial charge in [0.25, 0.3) is 10.0 Å². The van der Waals surface area contributed by atoms with E-state index in [9.17, 15) is 13.5 Å². The van der Waals surface area contributed by atoms with Crippen LogP contribution in [0.15, 0.2) is 41.3 Å². The van der Waals surface area contributed by atoms with Crippen LogP contribution in [0.3, 0.4) is 0 Å². The third kappa shape index (κ3) is 2.85. The molecule has 0 fully saturated rings. The Kier molecular flexibility index (Phi) is 3.59. The molecule has 0 saturated heterocycles. The van der Waals surface area contributed by atoms with E-state index in [0.29, 0.717) is 5.69 Å². The predicted octanol–water partition coefficient (Wildman–Crippen LogP) is 2.39. The van der Waals surface area contributed by atoms with Crippen molar-refractivity contribution in [3.05, 3.63) is 47.5 Å². The second-order valence-electron chi connectivity index (χ2n) is 4.64. The number of benzene rings is 2. The zero-order valence-corrected chi connectivity index (χ0v) is 12.0. The van der Waals surface area contributed by atoms with E-state index in [-0.39, 0.29) is 16.3 Å². The highest BCUT2D eigenvalue weighted by molar-refractivity contribution is 7.92. The molecule has 2 rings (SSSR count). The number of phenolic OH excluding ortho intramolecular Hbond substituents is 1. The molecule has 0 bridgehead atoms. The Morgan fingerprint density at radius 2 is 1.80 bits per heavy atom. The summed E-state index contributed by atoms with van der Waals surface area (Å²) in [4.78, 5) is 0.00720. The first-order valence-electron chi connectivity index (χ1n) is 5.98. The highest BCUT2D eigenvalue weighted by Crippen LogP contribution is 2.25. The van der Waals surface area contributed by atoms with Gasteiger partial charge >= 0.3 is 0 Å². The molecule has 6 heteroatoms. The van der Waals surface area contributed by atoms with Crippen LogP contribution in [-0.4, -0.2) is 13.5 Å². The summed E-state index contributed by atoms with van der Waals surface area (Å²) >= 11 is 0. The lowest BCUT2D eigenvalue weighted by Crippen LogP contribution is -2.14. The molecule has 0 aliphatic carbocycles. The summed E-state index contributed by atoms with van der Waals surface area (Å²) in [5, 5.41) is 9.33. The molecule has 0 unspecified atom stereocenters. The fourth-order valence-electron chi connectivity index (χ4n) is 1.83. The Morgan fingerprint density at radius 1 is 1.10 bits per heavy atom. The number of nitrogens with two attached hydrogens (primary N) is 1. The summed E-state index contributed by atoms with van der Waals surface area (Å²) in [5.74, 6) is -0.143. The molecule has 0 spiro atoms. The molecule has 20 heavy (non-hydrogen) atoms. The summed E-state index contributed by atoms with van der Waals surface area (Å²) in [6.07, 6.45) is 0. The first kappa shape index (κ1) is 14.2. The van der Waals surface area contributed by atoms with Gasteiger partial charge in [0.1, 0.15) is 5.75 Å². The number of aromatic hydroxyl groups is 1. The van der Waals surface area contributed by atoms with E-state index in [0.717, 1.165) is 11.1 Å². The van der Waals surface area contributed by atoms with Crippen molar-refractivity contribution in [2.75, 3.05) is 10.5 Å². The van der Waals surface area contributed by atoms with Crippen LogP contribution in [0, 0.1) is 13.8 Å². The number of nitrogens with one attached hydrogen (secondary N) is 1. The third-order valence-electron chi connectivity index (χ3n) is 2.94. The summed E-state index contributed by atoms with van der Waals surface area (Å²) in [5.41, 5.74) is 7.94. The fraction of sp³-hybridized carbons (Fsp3) is 0.143. The Balaban J connectivity index is 2.38. The van der Waals surface area contributed by atoms with Crippen LogP contribution < -0.4 is 10.5 Å². The van der Waals surface area contributed by atoms with Gasteiger partial charge in [-0.3, -0.25) is 4.72 Å². The van der Waals surface area contributed by atoms with Crippen molar-refractivity contribution in [3.8, 4) is 5.75 Å². The minimum Gasteiger partial charge on any atom is -0.506 e. The average Bonchev–Trinajstić information content (AvgIpc) is 2.36. The van der Waals surface area contributed by atoms with Gasteiger partial charge in [-0.05, 0) is 43.7 Å². The summed E-state index contributed by atoms with van der Waals surface area (Å²) < 4.78 is 27.0. The number of aryl methyl sites for hydroxylation is 2. The zero-order valence-electron chi connectivity index (χ0n) is 11.2. The largest absolute Gasteiger partial charge is 0.506 e. The van der Waals surface area contributed by atoms with Crippen LogP contribution in [0.2, 0.25) is 0 Å². The number of rotatable bonds is 3. The summed E-state index contributed by atoms with van der Waals surface area (Å²) in [6, 6.07) is 9.22. The molecule has 2 aromatic carbocycles. The normalized spacial score (nSPS) is 11.3. The van der Waals surface area contributed by atoms with Crippen LogP contribution in [0.1, 0.15) is 11.1 Å². The van der Waals surface area contributed by atoms with E-state index in [1.807, 2.05) is 26.0 Å². The monoisotopic (exact) mass is 292 g/mol. The smallest absolute Gasteiger partial charge is 0.261 e. The second-order valence-corrected chi connectivity index (χ2v) is 6.33. The maximum atomic E-state index is 12.3. The van der Waals surface area contributed by atoms with E-state index in [4.69, 9.17) is 5.73 Å². The van der Waals surface area contributed by atoms with Gasteiger partial charge < -0.3 is 10.8 Å². The first-order valence-corrected chi connectivity index (χ1v) is 7.46. The molecule has 4 N–H and O–H groups in total. The lowest BCUT2D eigenvalue weighted by Gasteiger charge is -2.11. The van der Waals surface area contributed by atoms with Crippen LogP contribution >= 0.6 is 0 Å². The Bertz CT molecular complexity index is 755. The number of nitrogen functional groups attached to an aromatic ring is 1. The molecule has 0 radical (unpaired) electrons. The first-order chi connectivity index (χ1) is 9.29. The maximum Gasteiger partial charge on any atom is 0.261 e. The zero-order chi connectivity index (χ0) is 14.9. The highest BCUT2D eigenvalue weighted by Gasteiger charge is 2.16. The van der Waals surface area contributed by atoms with Crippen molar-refractivity contribution in [2.45, 2.75) is 18.7 Å². The highest BCUT2D eigenvalue weighted by atomic mass is 32.2. The molecule has 2 aromatic rings. The van der Waals surface area contributed by atoms with Gasteiger partial charge in [-0.2, -0.15) is 0 Å². The van der Waals surface area contributed by atoms with Gasteiger partial charge in [0.15, 0.2) is 0 Å². The SMILES string of the molecule is Cc1ccc(NS(=O)(=O)c2ccc(O)c(N)c2)c(C)c1. The number of hydrogen-bond donors (Lipinski definition) is 3. The van der Waals surface area contributed by atoms with Gasteiger partial charge in [0, 0.05) is 0 Å². The molecule has 0 atom stereocenters. The fourth-order valence-corrected chi connectivity index (χ4v) is 3.00. The Labute approximate surface area is 118 Å². The van der Waals surface area contributed by atoms with E-state index in [1.54, 1.807) is 6.07 Å². The second kappa shape index (κ2) is 5.05. The number of sulfonamides is 1. The topological polar surface area (TPSA) is 92.4 Å². The van der Waals surface area contributed by atoms with Gasteiger partial charge in [-0.25, -0.2) is 8.42 Å². The van der Waals surface area contributed by atoms with Gasteiger partial charge in [0.2, 0.25) is 0 Å². The molecule has 0 aliphatic rings. The van der Waals surface area contributed by atoms with E-state index >= 15 is 0 Å². The maximum absolute atomic E-state index is 12.3. The molecule has 5 nitrogen and oxygen atoms in total. The lowest BCUT2D eigenvalue weighted by atomic mass is 10.1. The predicted molar refractivity (Wildman–Crippen MR) is 79.2 cm³/mol. The third-order valence-corrected chi connectivity index (χ3v) is 4.30. The standard InChI is InChI=1S/C14H16N2O3S/c1-9-3-5-13(10(2)7-9)16-20(18,19)11-4-6-14(17)12(15)8-11/h3-8,16-17H,15H2,1-2H3. The van der Waals surface area contributed by atoms with Crippen LogP contribution in [0.4, 0.5) is 11.4 Å². The molecule has 0 aromatic heterocycles. The molecular formula is C14H16N2O3S. The van der Waals surface area contributed by atoms with Crippen molar-refractivity contribution < 1.29 is 13.5 Å². The van der Waals surface area contributed by atoms with Crippen LogP contribution in [0.5, 0.6) is 5.75 Å².